The van der Waals surface area contributed by atoms with Gasteiger partial charge in [0, 0.05) is 21.7 Å². The smallest absolute Gasteiger partial charge is 0.322 e. The number of urea groups is 1. The van der Waals surface area contributed by atoms with E-state index in [-0.39, 0.29) is 6.03 Å². The molecule has 0 bridgehead atoms. The fourth-order valence-electron chi connectivity index (χ4n) is 4.34. The molecule has 0 spiro atoms. The second-order valence-corrected chi connectivity index (χ2v) is 9.22. The average molecular weight is 499 g/mol. The van der Waals surface area contributed by atoms with Crippen LogP contribution in [-0.4, -0.2) is 34.4 Å². The van der Waals surface area contributed by atoms with Crippen LogP contribution in [0.4, 0.5) is 4.79 Å². The van der Waals surface area contributed by atoms with Crippen molar-refractivity contribution in [2.24, 2.45) is 0 Å². The van der Waals surface area contributed by atoms with Crippen molar-refractivity contribution in [2.75, 3.05) is 13.4 Å². The number of para-hydroxylation sites is 1. The van der Waals surface area contributed by atoms with Crippen LogP contribution in [-0.2, 0) is 6.54 Å². The third kappa shape index (κ3) is 4.59. The van der Waals surface area contributed by atoms with E-state index in [0.29, 0.717) is 18.3 Å². The van der Waals surface area contributed by atoms with Gasteiger partial charge in [0.05, 0.1) is 25.3 Å². The van der Waals surface area contributed by atoms with E-state index < -0.39 is 6.04 Å². The molecule has 8 heteroatoms. The number of hydrogen-bond donors (Lipinski definition) is 1. The van der Waals surface area contributed by atoms with Crippen LogP contribution in [0.25, 0.3) is 17.0 Å². The van der Waals surface area contributed by atoms with Gasteiger partial charge in [-0.15, -0.1) is 11.8 Å². The molecule has 4 aromatic rings. The van der Waals surface area contributed by atoms with Crippen LogP contribution in [0.5, 0.6) is 5.75 Å². The molecule has 1 atom stereocenters. The van der Waals surface area contributed by atoms with Crippen molar-refractivity contribution in [3.63, 3.8) is 0 Å². The second-order valence-electron chi connectivity index (χ2n) is 8.34. The third-order valence-corrected chi connectivity index (χ3v) is 7.00. The zero-order valence-electron chi connectivity index (χ0n) is 20.3. The quantitative estimate of drug-likeness (QED) is 0.307. The molecular formula is C28H26N4O3S. The Labute approximate surface area is 214 Å². The Bertz CT molecular complexity index is 1400. The average Bonchev–Trinajstić information content (AvgIpc) is 3.41. The third-order valence-electron chi connectivity index (χ3n) is 6.25. The molecule has 36 heavy (non-hydrogen) atoms. The molecule has 1 aromatic heterocycles. The van der Waals surface area contributed by atoms with E-state index in [9.17, 15) is 4.79 Å². The van der Waals surface area contributed by atoms with Crippen LogP contribution < -0.4 is 10.1 Å². The van der Waals surface area contributed by atoms with E-state index in [1.165, 1.54) is 0 Å². The van der Waals surface area contributed by atoms with Crippen molar-refractivity contribution in [1.29, 1.82) is 0 Å². The zero-order chi connectivity index (χ0) is 25.1. The van der Waals surface area contributed by atoms with Crippen LogP contribution in [0, 0.1) is 0 Å². The zero-order valence-corrected chi connectivity index (χ0v) is 21.1. The molecule has 3 aromatic carbocycles. The van der Waals surface area contributed by atoms with Crippen molar-refractivity contribution < 1.29 is 14.1 Å². The van der Waals surface area contributed by atoms with Crippen LogP contribution in [0.2, 0.25) is 0 Å². The lowest BCUT2D eigenvalue weighted by Crippen LogP contribution is -2.45. The number of nitrogens with zero attached hydrogens (tertiary/aromatic N) is 3. The molecule has 1 N–H and O–H groups in total. The van der Waals surface area contributed by atoms with Gasteiger partial charge in [-0.25, -0.2) is 4.79 Å². The summed E-state index contributed by atoms with van der Waals surface area (Å²) in [5.74, 6) is 1.59. The SMILES string of the molecule is COc1ccccc1CN1C(=O)NC(c2ccc(SC)cc2)C(c2nc(-c3ccccc3)no2)=C1C. The molecule has 0 saturated heterocycles. The number of carbonyl (C=O) groups excluding carboxylic acids is 1. The number of carbonyl (C=O) groups is 1. The summed E-state index contributed by atoms with van der Waals surface area (Å²) in [5.41, 5.74) is 4.19. The number of allylic oxidation sites excluding steroid dienone is 1. The first kappa shape index (κ1) is 23.7. The minimum Gasteiger partial charge on any atom is -0.496 e. The Morgan fingerprint density at radius 1 is 1.03 bits per heavy atom. The number of methoxy groups -OCH3 is 1. The van der Waals surface area contributed by atoms with E-state index in [4.69, 9.17) is 14.2 Å². The van der Waals surface area contributed by atoms with Gasteiger partial charge in [-0.2, -0.15) is 4.98 Å². The highest BCUT2D eigenvalue weighted by Gasteiger charge is 2.36. The van der Waals surface area contributed by atoms with Gasteiger partial charge in [0.2, 0.25) is 5.82 Å². The van der Waals surface area contributed by atoms with Crippen molar-refractivity contribution >= 4 is 23.4 Å². The number of benzene rings is 3. The van der Waals surface area contributed by atoms with E-state index >= 15 is 0 Å². The number of hydrogen-bond acceptors (Lipinski definition) is 6. The largest absolute Gasteiger partial charge is 0.496 e. The fourth-order valence-corrected chi connectivity index (χ4v) is 4.74. The van der Waals surface area contributed by atoms with E-state index in [0.717, 1.165) is 38.6 Å². The lowest BCUT2D eigenvalue weighted by molar-refractivity contribution is 0.202. The summed E-state index contributed by atoms with van der Waals surface area (Å²) in [6.45, 7) is 2.25. The van der Waals surface area contributed by atoms with Gasteiger partial charge in [0.1, 0.15) is 5.75 Å². The van der Waals surface area contributed by atoms with Gasteiger partial charge in [-0.3, -0.25) is 4.90 Å². The van der Waals surface area contributed by atoms with Gasteiger partial charge in [-0.1, -0.05) is 65.8 Å². The maximum absolute atomic E-state index is 13.4. The number of thioether (sulfide) groups is 1. The first-order valence-corrected chi connectivity index (χ1v) is 12.8. The van der Waals surface area contributed by atoms with Crippen LogP contribution in [0.1, 0.15) is 30.0 Å². The molecule has 0 saturated carbocycles. The predicted octanol–water partition coefficient (Wildman–Crippen LogP) is 6.16. The Morgan fingerprint density at radius 2 is 1.75 bits per heavy atom. The number of nitrogens with one attached hydrogen (secondary N) is 1. The second kappa shape index (κ2) is 10.3. The van der Waals surface area contributed by atoms with Gasteiger partial charge in [0.15, 0.2) is 0 Å². The monoisotopic (exact) mass is 498 g/mol. The molecule has 0 radical (unpaired) electrons. The van der Waals surface area contributed by atoms with Gasteiger partial charge >= 0.3 is 6.03 Å². The Morgan fingerprint density at radius 3 is 2.47 bits per heavy atom. The number of ether oxygens (including phenoxy) is 1. The first-order chi connectivity index (χ1) is 17.6. The summed E-state index contributed by atoms with van der Waals surface area (Å²) in [6.07, 6.45) is 2.03. The summed E-state index contributed by atoms with van der Waals surface area (Å²) in [4.78, 5) is 20.9. The lowest BCUT2D eigenvalue weighted by Gasteiger charge is -2.35. The predicted molar refractivity (Wildman–Crippen MR) is 140 cm³/mol. The van der Waals surface area contributed by atoms with Crippen molar-refractivity contribution in [2.45, 2.75) is 24.4 Å². The van der Waals surface area contributed by atoms with Gasteiger partial charge in [0.25, 0.3) is 5.89 Å². The van der Waals surface area contributed by atoms with Crippen LogP contribution >= 0.6 is 11.8 Å². The highest BCUT2D eigenvalue weighted by atomic mass is 32.2. The summed E-state index contributed by atoms with van der Waals surface area (Å²) in [6, 6.07) is 24.8. The molecule has 1 unspecified atom stereocenters. The standard InChI is InChI=1S/C28H26N4O3S/c1-18-24(27-30-26(31-35-27)20-9-5-4-6-10-20)25(19-13-15-22(36-3)16-14-19)29-28(33)32(18)17-21-11-7-8-12-23(21)34-2/h4-16,25H,17H2,1-3H3,(H,29,33). The van der Waals surface area contributed by atoms with Gasteiger partial charge in [-0.05, 0) is 36.9 Å². The minimum absolute atomic E-state index is 0.205. The van der Waals surface area contributed by atoms with Crippen molar-refractivity contribution in [1.82, 2.24) is 20.4 Å². The van der Waals surface area contributed by atoms with Gasteiger partial charge < -0.3 is 14.6 Å². The van der Waals surface area contributed by atoms with Crippen molar-refractivity contribution in [3.8, 4) is 17.1 Å². The topological polar surface area (TPSA) is 80.5 Å². The van der Waals surface area contributed by atoms with Crippen LogP contribution in [0.3, 0.4) is 0 Å². The molecule has 1 aliphatic heterocycles. The number of amides is 2. The summed E-state index contributed by atoms with van der Waals surface area (Å²) < 4.78 is 11.3. The Kier molecular flexibility index (Phi) is 6.77. The molecular weight excluding hydrogens is 472 g/mol. The molecule has 0 fully saturated rings. The molecule has 2 heterocycles. The van der Waals surface area contributed by atoms with E-state index in [2.05, 4.69) is 10.5 Å². The molecule has 0 aliphatic carbocycles. The first-order valence-electron chi connectivity index (χ1n) is 11.5. The van der Waals surface area contributed by atoms with E-state index in [1.54, 1.807) is 23.8 Å². The summed E-state index contributed by atoms with van der Waals surface area (Å²) >= 11 is 1.67. The maximum atomic E-state index is 13.4. The Balaban J connectivity index is 1.60. The molecule has 182 valence electrons. The minimum atomic E-state index is -0.439. The normalized spacial score (nSPS) is 15.7. The molecule has 2 amide bonds. The Hall–Kier alpha value is -4.04. The maximum Gasteiger partial charge on any atom is 0.322 e. The molecule has 7 nitrogen and oxygen atoms in total. The number of rotatable bonds is 7. The number of aromatic nitrogens is 2. The highest BCUT2D eigenvalue weighted by Crippen LogP contribution is 2.38. The van der Waals surface area contributed by atoms with Crippen molar-refractivity contribution in [3.05, 3.63) is 102 Å². The highest BCUT2D eigenvalue weighted by molar-refractivity contribution is 7.98. The molecule has 1 aliphatic rings. The lowest BCUT2D eigenvalue weighted by atomic mass is 9.94. The van der Waals surface area contributed by atoms with E-state index in [1.807, 2.05) is 92.0 Å². The fraction of sp³-hybridized carbons (Fsp3) is 0.179. The molecule has 5 rings (SSSR count). The summed E-state index contributed by atoms with van der Waals surface area (Å²) in [5, 5.41) is 7.39. The summed E-state index contributed by atoms with van der Waals surface area (Å²) in [7, 11) is 1.63. The van der Waals surface area contributed by atoms with Crippen LogP contribution in [0.15, 0.2) is 94.0 Å².